The van der Waals surface area contributed by atoms with Crippen LogP contribution in [-0.4, -0.2) is 11.5 Å². The maximum absolute atomic E-state index is 10.9. The van der Waals surface area contributed by atoms with Gasteiger partial charge in [0.2, 0.25) is 0 Å². The van der Waals surface area contributed by atoms with Crippen LogP contribution in [0.1, 0.15) is 35.6 Å². The van der Waals surface area contributed by atoms with E-state index in [-0.39, 0.29) is 16.7 Å². The standard InChI is InChI=1S/C20H17NO3/c1-13-12-24-20(15-6-9-16(10-7-15)21(22)23)18-11-8-14-4-2-3-5-17(14)19(13)18/h2-11,13,20H,12H2,1H3/t13-,20-/m0/s1. The number of hydrogen-bond donors (Lipinski definition) is 0. The summed E-state index contributed by atoms with van der Waals surface area (Å²) >= 11 is 0. The lowest BCUT2D eigenvalue weighted by Crippen LogP contribution is -2.20. The first-order valence-electron chi connectivity index (χ1n) is 8.02. The van der Waals surface area contributed by atoms with Crippen LogP contribution in [-0.2, 0) is 4.74 Å². The Hall–Kier alpha value is -2.72. The third-order valence-corrected chi connectivity index (χ3v) is 4.70. The highest BCUT2D eigenvalue weighted by molar-refractivity contribution is 5.87. The quantitative estimate of drug-likeness (QED) is 0.495. The molecule has 1 aliphatic rings. The van der Waals surface area contributed by atoms with Crippen LogP contribution in [0.5, 0.6) is 0 Å². The monoisotopic (exact) mass is 319 g/mol. The van der Waals surface area contributed by atoms with E-state index in [0.29, 0.717) is 12.5 Å². The van der Waals surface area contributed by atoms with Crippen molar-refractivity contribution in [1.29, 1.82) is 0 Å². The van der Waals surface area contributed by atoms with E-state index < -0.39 is 0 Å². The van der Waals surface area contributed by atoms with Gasteiger partial charge in [-0.25, -0.2) is 0 Å². The highest BCUT2D eigenvalue weighted by Gasteiger charge is 2.28. The zero-order valence-electron chi connectivity index (χ0n) is 13.3. The van der Waals surface area contributed by atoms with E-state index >= 15 is 0 Å². The lowest BCUT2D eigenvalue weighted by atomic mass is 9.84. The van der Waals surface area contributed by atoms with E-state index in [1.165, 1.54) is 28.5 Å². The normalized spacial score (nSPS) is 19.9. The molecule has 0 saturated carbocycles. The molecule has 1 aliphatic heterocycles. The summed E-state index contributed by atoms with van der Waals surface area (Å²) in [6, 6.07) is 19.3. The Labute approximate surface area is 139 Å². The largest absolute Gasteiger partial charge is 0.368 e. The van der Waals surface area contributed by atoms with Gasteiger partial charge in [-0.15, -0.1) is 0 Å². The SMILES string of the molecule is C[C@H]1CO[C@@H](c2ccc([N+](=O)[O-])cc2)c2ccc3ccccc3c21. The Balaban J connectivity index is 1.84. The second-order valence-electron chi connectivity index (χ2n) is 6.25. The molecule has 0 aliphatic carbocycles. The van der Waals surface area contributed by atoms with Gasteiger partial charge in [-0.2, -0.15) is 0 Å². The molecule has 4 nitrogen and oxygen atoms in total. The molecule has 2 atom stereocenters. The Kier molecular flexibility index (Phi) is 3.54. The van der Waals surface area contributed by atoms with Gasteiger partial charge in [0.05, 0.1) is 11.5 Å². The van der Waals surface area contributed by atoms with Crippen molar-refractivity contribution >= 4 is 16.5 Å². The predicted molar refractivity (Wildman–Crippen MR) is 93.3 cm³/mol. The minimum atomic E-state index is -0.380. The van der Waals surface area contributed by atoms with Crippen LogP contribution in [0.25, 0.3) is 10.8 Å². The van der Waals surface area contributed by atoms with Crippen LogP contribution >= 0.6 is 0 Å². The van der Waals surface area contributed by atoms with Gasteiger partial charge in [0.15, 0.2) is 0 Å². The van der Waals surface area contributed by atoms with Crippen LogP contribution < -0.4 is 0 Å². The highest BCUT2D eigenvalue weighted by Crippen LogP contribution is 2.41. The Bertz CT molecular complexity index is 918. The molecule has 0 N–H and O–H groups in total. The molecule has 4 rings (SSSR count). The first kappa shape index (κ1) is 14.8. The number of rotatable bonds is 2. The number of benzene rings is 3. The van der Waals surface area contributed by atoms with Crippen LogP contribution in [0.4, 0.5) is 5.69 Å². The van der Waals surface area contributed by atoms with Gasteiger partial charge >= 0.3 is 0 Å². The minimum absolute atomic E-state index is 0.0988. The summed E-state index contributed by atoms with van der Waals surface area (Å²) in [4.78, 5) is 10.5. The molecule has 0 unspecified atom stereocenters. The maximum Gasteiger partial charge on any atom is 0.269 e. The third-order valence-electron chi connectivity index (χ3n) is 4.70. The maximum atomic E-state index is 10.9. The second kappa shape index (κ2) is 5.73. The van der Waals surface area contributed by atoms with Crippen molar-refractivity contribution in [2.75, 3.05) is 6.61 Å². The smallest absolute Gasteiger partial charge is 0.269 e. The van der Waals surface area contributed by atoms with Crippen molar-refractivity contribution in [1.82, 2.24) is 0 Å². The predicted octanol–water partition coefficient (Wildman–Crippen LogP) is 4.97. The molecule has 3 aromatic carbocycles. The molecule has 0 bridgehead atoms. The summed E-state index contributed by atoms with van der Waals surface area (Å²) in [6.07, 6.45) is -0.179. The van der Waals surface area contributed by atoms with Crippen LogP contribution in [0.15, 0.2) is 60.7 Å². The summed E-state index contributed by atoms with van der Waals surface area (Å²) in [6.45, 7) is 2.82. The molecular formula is C20H17NO3. The first-order chi connectivity index (χ1) is 11.6. The molecule has 120 valence electrons. The third kappa shape index (κ3) is 2.36. The Morgan fingerprint density at radius 1 is 1.04 bits per heavy atom. The number of non-ortho nitro benzene ring substituents is 1. The first-order valence-corrected chi connectivity index (χ1v) is 8.02. The van der Waals surface area contributed by atoms with Gasteiger partial charge in [-0.05, 0) is 39.6 Å². The van der Waals surface area contributed by atoms with Crippen LogP contribution in [0.2, 0.25) is 0 Å². The minimum Gasteiger partial charge on any atom is -0.368 e. The zero-order valence-corrected chi connectivity index (χ0v) is 13.3. The molecule has 4 heteroatoms. The molecule has 24 heavy (non-hydrogen) atoms. The van der Waals surface area contributed by atoms with Gasteiger partial charge in [-0.1, -0.05) is 43.3 Å². The highest BCUT2D eigenvalue weighted by atomic mass is 16.6. The summed E-state index contributed by atoms with van der Waals surface area (Å²) in [5.41, 5.74) is 3.52. The number of hydrogen-bond acceptors (Lipinski definition) is 3. The molecule has 3 aromatic rings. The van der Waals surface area contributed by atoms with Crippen molar-refractivity contribution in [2.24, 2.45) is 0 Å². The molecule has 0 radical (unpaired) electrons. The summed E-state index contributed by atoms with van der Waals surface area (Å²) < 4.78 is 6.08. The van der Waals surface area contributed by atoms with Crippen molar-refractivity contribution < 1.29 is 9.66 Å². The number of nitro benzene ring substituents is 1. The molecule has 0 saturated heterocycles. The summed E-state index contributed by atoms with van der Waals surface area (Å²) in [7, 11) is 0. The molecule has 0 aromatic heterocycles. The van der Waals surface area contributed by atoms with Crippen molar-refractivity contribution in [3.8, 4) is 0 Å². The van der Waals surface area contributed by atoms with E-state index in [9.17, 15) is 10.1 Å². The molecular weight excluding hydrogens is 302 g/mol. The van der Waals surface area contributed by atoms with Crippen molar-refractivity contribution in [3.63, 3.8) is 0 Å². The van der Waals surface area contributed by atoms with Crippen molar-refractivity contribution in [3.05, 3.63) is 87.5 Å². The zero-order chi connectivity index (χ0) is 16.7. The average molecular weight is 319 g/mol. The van der Waals surface area contributed by atoms with Crippen LogP contribution in [0.3, 0.4) is 0 Å². The lowest BCUT2D eigenvalue weighted by Gasteiger charge is -2.31. The van der Waals surface area contributed by atoms with E-state index in [1.807, 2.05) is 6.07 Å². The van der Waals surface area contributed by atoms with Crippen LogP contribution in [0, 0.1) is 10.1 Å². The molecule has 0 fully saturated rings. The van der Waals surface area contributed by atoms with E-state index in [0.717, 1.165) is 11.1 Å². The molecule has 0 amide bonds. The average Bonchev–Trinajstić information content (AvgIpc) is 2.62. The molecule has 1 heterocycles. The summed E-state index contributed by atoms with van der Waals surface area (Å²) in [5, 5.41) is 13.3. The van der Waals surface area contributed by atoms with E-state index in [1.54, 1.807) is 12.1 Å². The number of fused-ring (bicyclic) bond motifs is 3. The topological polar surface area (TPSA) is 52.4 Å². The van der Waals surface area contributed by atoms with Gasteiger partial charge < -0.3 is 4.74 Å². The fourth-order valence-electron chi connectivity index (χ4n) is 3.55. The number of nitrogens with zero attached hydrogens (tertiary/aromatic N) is 1. The van der Waals surface area contributed by atoms with Gasteiger partial charge in [0.1, 0.15) is 6.10 Å². The van der Waals surface area contributed by atoms with Crippen molar-refractivity contribution in [2.45, 2.75) is 18.9 Å². The fraction of sp³-hybridized carbons (Fsp3) is 0.200. The van der Waals surface area contributed by atoms with Gasteiger partial charge in [-0.3, -0.25) is 10.1 Å². The van der Waals surface area contributed by atoms with Gasteiger partial charge in [0.25, 0.3) is 5.69 Å². The summed E-state index contributed by atoms with van der Waals surface area (Å²) in [5.74, 6) is 0.320. The van der Waals surface area contributed by atoms with E-state index in [2.05, 4.69) is 37.3 Å². The fourth-order valence-corrected chi connectivity index (χ4v) is 3.55. The lowest BCUT2D eigenvalue weighted by molar-refractivity contribution is -0.384. The number of nitro groups is 1. The van der Waals surface area contributed by atoms with Gasteiger partial charge in [0, 0.05) is 18.1 Å². The Morgan fingerprint density at radius 3 is 2.54 bits per heavy atom. The Morgan fingerprint density at radius 2 is 1.79 bits per heavy atom. The molecule has 0 spiro atoms. The number of ether oxygens (including phenoxy) is 1. The van der Waals surface area contributed by atoms with E-state index in [4.69, 9.17) is 4.74 Å². The second-order valence-corrected chi connectivity index (χ2v) is 6.25.